The number of allylic oxidation sites excluding steroid dienone is 2. The summed E-state index contributed by atoms with van der Waals surface area (Å²) in [5.74, 6) is 1.09. The molecule has 0 radical (unpaired) electrons. The van der Waals surface area contributed by atoms with E-state index in [-0.39, 0.29) is 0 Å². The quantitative estimate of drug-likeness (QED) is 0.637. The van der Waals surface area contributed by atoms with E-state index >= 15 is 0 Å². The van der Waals surface area contributed by atoms with Crippen LogP contribution >= 0.6 is 0 Å². The van der Waals surface area contributed by atoms with Crippen LogP contribution in [0.4, 0.5) is 0 Å². The van der Waals surface area contributed by atoms with E-state index in [1.54, 1.807) is 0 Å². The van der Waals surface area contributed by atoms with Crippen LogP contribution in [0.15, 0.2) is 11.8 Å². The van der Waals surface area contributed by atoms with Crippen LogP contribution in [-0.2, 0) is 4.79 Å². The van der Waals surface area contributed by atoms with Crippen molar-refractivity contribution in [1.82, 2.24) is 4.90 Å². The monoisotopic (exact) mass is 193 g/mol. The second kappa shape index (κ2) is 3.76. The maximum Gasteiger partial charge on any atom is 0.157 e. The van der Waals surface area contributed by atoms with Crippen molar-refractivity contribution in [1.29, 1.82) is 0 Å². The maximum atomic E-state index is 11.2. The average Bonchev–Trinajstić information content (AvgIpc) is 2.56. The number of carbonyl (C=O) groups is 1. The highest BCUT2D eigenvalue weighted by Crippen LogP contribution is 2.29. The lowest BCUT2D eigenvalue weighted by Gasteiger charge is -2.39. The Kier molecular flexibility index (Phi) is 2.62. The number of hydrogen-bond donors (Lipinski definition) is 0. The molecule has 2 unspecified atom stereocenters. The van der Waals surface area contributed by atoms with Crippen molar-refractivity contribution in [3.8, 4) is 0 Å². The van der Waals surface area contributed by atoms with Crippen LogP contribution in [0, 0.1) is 5.92 Å². The summed E-state index contributed by atoms with van der Waals surface area (Å²) >= 11 is 0. The number of rotatable bonds is 1. The fourth-order valence-electron chi connectivity index (χ4n) is 2.50. The molecule has 2 heteroatoms. The van der Waals surface area contributed by atoms with Crippen LogP contribution in [0.3, 0.4) is 0 Å². The summed E-state index contributed by atoms with van der Waals surface area (Å²) in [5.41, 5.74) is 1.29. The molecule has 0 aromatic carbocycles. The number of hydrogen-bond acceptors (Lipinski definition) is 2. The zero-order valence-electron chi connectivity index (χ0n) is 9.12. The van der Waals surface area contributed by atoms with Crippen molar-refractivity contribution in [3.05, 3.63) is 11.8 Å². The van der Waals surface area contributed by atoms with Gasteiger partial charge in [0.15, 0.2) is 5.78 Å². The van der Waals surface area contributed by atoms with Crippen molar-refractivity contribution in [2.75, 3.05) is 6.54 Å². The fourth-order valence-corrected chi connectivity index (χ4v) is 2.50. The van der Waals surface area contributed by atoms with Gasteiger partial charge in [0.1, 0.15) is 0 Å². The lowest BCUT2D eigenvalue weighted by molar-refractivity contribution is -0.114. The maximum absolute atomic E-state index is 11.2. The van der Waals surface area contributed by atoms with Gasteiger partial charge in [0, 0.05) is 30.8 Å². The molecule has 1 aliphatic heterocycles. The van der Waals surface area contributed by atoms with Gasteiger partial charge in [-0.3, -0.25) is 4.79 Å². The van der Waals surface area contributed by atoms with Crippen LogP contribution in [0.1, 0.15) is 39.5 Å². The molecule has 78 valence electrons. The Morgan fingerprint density at radius 1 is 1.29 bits per heavy atom. The molecule has 0 amide bonds. The van der Waals surface area contributed by atoms with E-state index in [1.807, 2.05) is 6.08 Å². The smallest absolute Gasteiger partial charge is 0.157 e. The van der Waals surface area contributed by atoms with Crippen LogP contribution in [0.25, 0.3) is 0 Å². The molecule has 2 aliphatic rings. The van der Waals surface area contributed by atoms with Gasteiger partial charge in [-0.2, -0.15) is 0 Å². The molecule has 0 N–H and O–H groups in total. The Morgan fingerprint density at radius 3 is 2.71 bits per heavy atom. The zero-order chi connectivity index (χ0) is 10.1. The van der Waals surface area contributed by atoms with Gasteiger partial charge < -0.3 is 4.90 Å². The van der Waals surface area contributed by atoms with Gasteiger partial charge in [-0.15, -0.1) is 0 Å². The summed E-state index contributed by atoms with van der Waals surface area (Å²) in [5, 5.41) is 0. The van der Waals surface area contributed by atoms with E-state index < -0.39 is 0 Å². The van der Waals surface area contributed by atoms with Gasteiger partial charge in [0.2, 0.25) is 0 Å². The molecule has 0 aromatic heterocycles. The summed E-state index contributed by atoms with van der Waals surface area (Å²) in [4.78, 5) is 13.6. The van der Waals surface area contributed by atoms with Crippen LogP contribution in [0.2, 0.25) is 0 Å². The van der Waals surface area contributed by atoms with Gasteiger partial charge in [-0.25, -0.2) is 0 Å². The molecule has 2 rings (SSSR count). The second-order valence-electron chi connectivity index (χ2n) is 4.79. The van der Waals surface area contributed by atoms with E-state index in [0.29, 0.717) is 11.8 Å². The van der Waals surface area contributed by atoms with Gasteiger partial charge in [0.25, 0.3) is 0 Å². The summed E-state index contributed by atoms with van der Waals surface area (Å²) in [7, 11) is 0. The largest absolute Gasteiger partial charge is 0.372 e. The highest BCUT2D eigenvalue weighted by atomic mass is 16.1. The van der Waals surface area contributed by atoms with Gasteiger partial charge in [-0.05, 0) is 32.1 Å². The molecule has 2 nitrogen and oxygen atoms in total. The Balaban J connectivity index is 2.08. The van der Waals surface area contributed by atoms with E-state index in [0.717, 1.165) is 25.3 Å². The molecule has 14 heavy (non-hydrogen) atoms. The van der Waals surface area contributed by atoms with Gasteiger partial charge in [0.05, 0.1) is 0 Å². The topological polar surface area (TPSA) is 20.3 Å². The first kappa shape index (κ1) is 9.75. The third-order valence-corrected chi connectivity index (χ3v) is 3.44. The summed E-state index contributed by atoms with van der Waals surface area (Å²) in [6.45, 7) is 5.71. The van der Waals surface area contributed by atoms with Crippen molar-refractivity contribution < 1.29 is 4.79 Å². The first-order valence-corrected chi connectivity index (χ1v) is 5.67. The van der Waals surface area contributed by atoms with E-state index in [2.05, 4.69) is 18.7 Å². The highest BCUT2D eigenvalue weighted by molar-refractivity contribution is 5.92. The molecular weight excluding hydrogens is 174 g/mol. The lowest BCUT2D eigenvalue weighted by Crippen LogP contribution is -2.39. The van der Waals surface area contributed by atoms with Crippen LogP contribution in [-0.4, -0.2) is 23.3 Å². The van der Waals surface area contributed by atoms with Gasteiger partial charge >= 0.3 is 0 Å². The summed E-state index contributed by atoms with van der Waals surface area (Å²) in [6, 6.07) is 0.628. The second-order valence-corrected chi connectivity index (χ2v) is 4.79. The van der Waals surface area contributed by atoms with Crippen molar-refractivity contribution in [3.63, 3.8) is 0 Å². The fraction of sp³-hybridized carbons (Fsp3) is 0.750. The molecule has 0 aromatic rings. The summed E-state index contributed by atoms with van der Waals surface area (Å²) < 4.78 is 0. The predicted octanol–water partition coefficient (Wildman–Crippen LogP) is 2.35. The molecule has 0 saturated carbocycles. The van der Waals surface area contributed by atoms with Crippen LogP contribution < -0.4 is 0 Å². The number of nitrogens with zero attached hydrogens (tertiary/aromatic N) is 1. The average molecular weight is 193 g/mol. The molecule has 1 aliphatic carbocycles. The number of piperidine rings is 1. The minimum Gasteiger partial charge on any atom is -0.372 e. The minimum atomic E-state index is 0.311. The van der Waals surface area contributed by atoms with Gasteiger partial charge in [-0.1, -0.05) is 6.92 Å². The highest BCUT2D eigenvalue weighted by Gasteiger charge is 2.26. The Morgan fingerprint density at radius 2 is 2.07 bits per heavy atom. The predicted molar refractivity (Wildman–Crippen MR) is 56.9 cm³/mol. The molecular formula is C12H19NO. The molecule has 0 spiro atoms. The first-order valence-electron chi connectivity index (χ1n) is 5.67. The van der Waals surface area contributed by atoms with E-state index in [9.17, 15) is 4.79 Å². The molecule has 0 bridgehead atoms. The van der Waals surface area contributed by atoms with Crippen molar-refractivity contribution in [2.24, 2.45) is 5.92 Å². The molecule has 1 saturated heterocycles. The SMILES string of the molecule is CC1CCC(C)N(C2=CC(=O)CC2)C1. The Bertz CT molecular complexity index is 269. The normalized spacial score (nSPS) is 33.4. The molecule has 1 fully saturated rings. The number of carbonyl (C=O) groups excluding carboxylic acids is 1. The number of likely N-dealkylation sites (tertiary alicyclic amines) is 1. The van der Waals surface area contributed by atoms with Crippen LogP contribution in [0.5, 0.6) is 0 Å². The van der Waals surface area contributed by atoms with E-state index in [4.69, 9.17) is 0 Å². The van der Waals surface area contributed by atoms with Crippen molar-refractivity contribution >= 4 is 5.78 Å². The third kappa shape index (κ3) is 1.84. The lowest BCUT2D eigenvalue weighted by atomic mass is 9.94. The Hall–Kier alpha value is -0.790. The van der Waals surface area contributed by atoms with E-state index in [1.165, 1.54) is 18.5 Å². The summed E-state index contributed by atoms with van der Waals surface area (Å²) in [6.07, 6.45) is 6.16. The Labute approximate surface area is 86.0 Å². The number of ketones is 1. The first-order chi connectivity index (χ1) is 6.66. The molecule has 2 atom stereocenters. The molecule has 1 heterocycles. The zero-order valence-corrected chi connectivity index (χ0v) is 9.12. The third-order valence-electron chi connectivity index (χ3n) is 3.44. The van der Waals surface area contributed by atoms with Crippen molar-refractivity contribution in [2.45, 2.75) is 45.6 Å². The standard InChI is InChI=1S/C12H19NO/c1-9-3-4-10(2)13(8-9)11-5-6-12(14)7-11/h7,9-10H,3-6,8H2,1-2H3. The minimum absolute atomic E-state index is 0.311.